The minimum atomic E-state index is -0.973. The molecule has 2 atom stereocenters. The Bertz CT molecular complexity index is 522. The van der Waals surface area contributed by atoms with Gasteiger partial charge in [0.05, 0.1) is 6.54 Å². The van der Waals surface area contributed by atoms with Crippen LogP contribution in [0.1, 0.15) is 25.8 Å². The summed E-state index contributed by atoms with van der Waals surface area (Å²) in [6.45, 7) is 3.77. The van der Waals surface area contributed by atoms with Crippen molar-refractivity contribution >= 4 is 11.9 Å². The van der Waals surface area contributed by atoms with Gasteiger partial charge in [0.25, 0.3) is 0 Å². The highest BCUT2D eigenvalue weighted by Crippen LogP contribution is 2.10. The van der Waals surface area contributed by atoms with E-state index in [1.165, 1.54) is 11.0 Å². The van der Waals surface area contributed by atoms with Crippen molar-refractivity contribution in [3.63, 3.8) is 0 Å². The maximum Gasteiger partial charge on any atom is 0.320 e. The lowest BCUT2D eigenvalue weighted by Crippen LogP contribution is -2.46. The topological polar surface area (TPSA) is 69.6 Å². The third kappa shape index (κ3) is 5.11. The van der Waals surface area contributed by atoms with Crippen LogP contribution in [0, 0.1) is 11.7 Å². The van der Waals surface area contributed by atoms with Crippen LogP contribution < -0.4 is 5.32 Å². The minimum absolute atomic E-state index is 0.0813. The van der Waals surface area contributed by atoms with E-state index in [9.17, 15) is 14.0 Å². The maximum atomic E-state index is 13.6. The van der Waals surface area contributed by atoms with Gasteiger partial charge in [-0.05, 0) is 12.0 Å². The number of carbonyl (C=O) groups is 2. The summed E-state index contributed by atoms with van der Waals surface area (Å²) in [5.74, 6) is -1.70. The molecule has 1 aromatic rings. The van der Waals surface area contributed by atoms with E-state index < -0.39 is 12.0 Å². The Labute approximate surface area is 130 Å². The molecule has 0 saturated carbocycles. The number of amides is 1. The van der Waals surface area contributed by atoms with Crippen molar-refractivity contribution in [1.82, 2.24) is 10.2 Å². The first kappa shape index (κ1) is 18.1. The van der Waals surface area contributed by atoms with E-state index in [0.717, 1.165) is 0 Å². The number of nitrogens with one attached hydrogen (secondary N) is 1. The van der Waals surface area contributed by atoms with Crippen molar-refractivity contribution in [2.45, 2.75) is 32.9 Å². The Morgan fingerprint density at radius 2 is 2.00 bits per heavy atom. The van der Waals surface area contributed by atoms with Gasteiger partial charge in [0, 0.05) is 19.2 Å². The highest BCUT2D eigenvalue weighted by atomic mass is 19.1. The molecular weight excluding hydrogens is 287 g/mol. The van der Waals surface area contributed by atoms with Crippen molar-refractivity contribution in [3.8, 4) is 0 Å². The summed E-state index contributed by atoms with van der Waals surface area (Å²) in [5.41, 5.74) is 0.426. The number of carboxylic acids is 1. The first-order valence-corrected chi connectivity index (χ1v) is 7.30. The fraction of sp³-hybridized carbons (Fsp3) is 0.500. The molecule has 2 N–H and O–H groups in total. The Kier molecular flexibility index (Phi) is 6.98. The molecule has 0 saturated heterocycles. The molecule has 0 bridgehead atoms. The van der Waals surface area contributed by atoms with Gasteiger partial charge in [-0.2, -0.15) is 0 Å². The lowest BCUT2D eigenvalue weighted by atomic mass is 9.99. The lowest BCUT2D eigenvalue weighted by molar-refractivity contribution is -0.141. The number of halogens is 1. The summed E-state index contributed by atoms with van der Waals surface area (Å²) >= 11 is 0. The van der Waals surface area contributed by atoms with Crippen LogP contribution in [0.3, 0.4) is 0 Å². The molecule has 0 aliphatic carbocycles. The standard InChI is InChI=1S/C16H23FN2O3/c1-4-11(2)15(16(21)22)18-9-14(20)19(3)10-12-7-5-6-8-13(12)17/h5-8,11,15,18H,4,9-10H2,1-3H3,(H,21,22)/t11-,15-/m0/s1. The number of rotatable bonds is 8. The summed E-state index contributed by atoms with van der Waals surface area (Å²) < 4.78 is 13.6. The van der Waals surface area contributed by atoms with Gasteiger partial charge >= 0.3 is 5.97 Å². The van der Waals surface area contributed by atoms with Crippen LogP contribution in [0.5, 0.6) is 0 Å². The summed E-state index contributed by atoms with van der Waals surface area (Å²) in [6.07, 6.45) is 0.698. The molecule has 0 spiro atoms. The number of aliphatic carboxylic acids is 1. The van der Waals surface area contributed by atoms with Crippen LogP contribution >= 0.6 is 0 Å². The third-order valence-corrected chi connectivity index (χ3v) is 3.74. The number of benzene rings is 1. The first-order valence-electron chi connectivity index (χ1n) is 7.30. The van der Waals surface area contributed by atoms with Crippen molar-refractivity contribution in [2.75, 3.05) is 13.6 Å². The number of carboxylic acid groups (broad SMARTS) is 1. The Morgan fingerprint density at radius 3 is 2.55 bits per heavy atom. The number of hydrogen-bond donors (Lipinski definition) is 2. The lowest BCUT2D eigenvalue weighted by Gasteiger charge is -2.22. The second-order valence-corrected chi connectivity index (χ2v) is 5.42. The number of hydrogen-bond acceptors (Lipinski definition) is 3. The molecule has 0 aromatic heterocycles. The van der Waals surface area contributed by atoms with E-state index >= 15 is 0 Å². The smallest absolute Gasteiger partial charge is 0.320 e. The van der Waals surface area contributed by atoms with E-state index in [1.807, 2.05) is 13.8 Å². The van der Waals surface area contributed by atoms with Gasteiger partial charge in [0.15, 0.2) is 0 Å². The molecular formula is C16H23FN2O3. The normalized spacial score (nSPS) is 13.5. The second kappa shape index (κ2) is 8.48. The second-order valence-electron chi connectivity index (χ2n) is 5.42. The molecule has 5 nitrogen and oxygen atoms in total. The van der Waals surface area contributed by atoms with E-state index in [2.05, 4.69) is 5.32 Å². The van der Waals surface area contributed by atoms with Gasteiger partial charge in [0.2, 0.25) is 5.91 Å². The van der Waals surface area contributed by atoms with E-state index in [0.29, 0.717) is 12.0 Å². The van der Waals surface area contributed by atoms with Gasteiger partial charge in [-0.1, -0.05) is 38.5 Å². The SMILES string of the molecule is CC[C@H](C)[C@H](NCC(=O)N(C)Cc1ccccc1F)C(=O)O. The average Bonchev–Trinajstić information content (AvgIpc) is 2.48. The summed E-state index contributed by atoms with van der Waals surface area (Å²) in [6, 6.07) is 5.49. The van der Waals surface area contributed by atoms with Gasteiger partial charge in [-0.15, -0.1) is 0 Å². The van der Waals surface area contributed by atoms with Crippen LogP contribution in [-0.4, -0.2) is 41.5 Å². The fourth-order valence-corrected chi connectivity index (χ4v) is 2.07. The summed E-state index contributed by atoms with van der Waals surface area (Å²) in [4.78, 5) is 24.6. The molecule has 0 heterocycles. The fourth-order valence-electron chi connectivity index (χ4n) is 2.07. The van der Waals surface area contributed by atoms with Crippen molar-refractivity contribution in [1.29, 1.82) is 0 Å². The molecule has 0 fully saturated rings. The third-order valence-electron chi connectivity index (χ3n) is 3.74. The molecule has 122 valence electrons. The van der Waals surface area contributed by atoms with Crippen LogP contribution in [0.4, 0.5) is 4.39 Å². The monoisotopic (exact) mass is 310 g/mol. The predicted molar refractivity (Wildman–Crippen MR) is 81.8 cm³/mol. The zero-order chi connectivity index (χ0) is 16.7. The van der Waals surface area contributed by atoms with Crippen molar-refractivity contribution in [3.05, 3.63) is 35.6 Å². The molecule has 1 amide bonds. The summed E-state index contributed by atoms with van der Waals surface area (Å²) in [7, 11) is 1.56. The molecule has 0 radical (unpaired) electrons. The van der Waals surface area contributed by atoms with Gasteiger partial charge < -0.3 is 10.0 Å². The minimum Gasteiger partial charge on any atom is -0.480 e. The number of likely N-dealkylation sites (N-methyl/N-ethyl adjacent to an activating group) is 1. The van der Waals surface area contributed by atoms with Crippen molar-refractivity contribution in [2.24, 2.45) is 5.92 Å². The Balaban J connectivity index is 2.57. The molecule has 1 aromatic carbocycles. The van der Waals surface area contributed by atoms with Crippen LogP contribution in [-0.2, 0) is 16.1 Å². The molecule has 22 heavy (non-hydrogen) atoms. The molecule has 0 unspecified atom stereocenters. The van der Waals surface area contributed by atoms with Gasteiger partial charge in [-0.3, -0.25) is 14.9 Å². The number of nitrogens with zero attached hydrogens (tertiary/aromatic N) is 1. The highest BCUT2D eigenvalue weighted by molar-refractivity contribution is 5.80. The summed E-state index contributed by atoms with van der Waals surface area (Å²) in [5, 5.41) is 11.9. The molecule has 0 aliphatic heterocycles. The van der Waals surface area contributed by atoms with E-state index in [4.69, 9.17) is 5.11 Å². The Morgan fingerprint density at radius 1 is 1.36 bits per heavy atom. The average molecular weight is 310 g/mol. The first-order chi connectivity index (χ1) is 10.4. The molecule has 6 heteroatoms. The van der Waals surface area contributed by atoms with E-state index in [-0.39, 0.29) is 30.7 Å². The van der Waals surface area contributed by atoms with Crippen molar-refractivity contribution < 1.29 is 19.1 Å². The Hall–Kier alpha value is -1.95. The number of carbonyl (C=O) groups excluding carboxylic acids is 1. The predicted octanol–water partition coefficient (Wildman–Crippen LogP) is 1.87. The molecule has 1 rings (SSSR count). The largest absolute Gasteiger partial charge is 0.480 e. The maximum absolute atomic E-state index is 13.6. The zero-order valence-electron chi connectivity index (χ0n) is 13.2. The van der Waals surface area contributed by atoms with E-state index in [1.54, 1.807) is 25.2 Å². The van der Waals surface area contributed by atoms with Gasteiger partial charge in [0.1, 0.15) is 11.9 Å². The zero-order valence-corrected chi connectivity index (χ0v) is 13.2. The van der Waals surface area contributed by atoms with Crippen LogP contribution in [0.15, 0.2) is 24.3 Å². The quantitative estimate of drug-likeness (QED) is 0.769. The van der Waals surface area contributed by atoms with Crippen LogP contribution in [0.2, 0.25) is 0 Å². The van der Waals surface area contributed by atoms with Gasteiger partial charge in [-0.25, -0.2) is 4.39 Å². The molecule has 0 aliphatic rings. The van der Waals surface area contributed by atoms with Crippen LogP contribution in [0.25, 0.3) is 0 Å². The highest BCUT2D eigenvalue weighted by Gasteiger charge is 2.24.